The zero-order valence-corrected chi connectivity index (χ0v) is 14.3. The summed E-state index contributed by atoms with van der Waals surface area (Å²) in [5, 5.41) is 2.92. The van der Waals surface area contributed by atoms with Crippen LogP contribution in [0.15, 0.2) is 66.9 Å². The number of rotatable bonds is 4. The number of nitrogens with one attached hydrogen (secondary N) is 1. The molecule has 0 saturated heterocycles. The van der Waals surface area contributed by atoms with Crippen molar-refractivity contribution in [1.29, 1.82) is 0 Å². The van der Waals surface area contributed by atoms with E-state index in [1.54, 1.807) is 24.3 Å². The van der Waals surface area contributed by atoms with Gasteiger partial charge in [-0.1, -0.05) is 30.3 Å². The highest BCUT2D eigenvalue weighted by Crippen LogP contribution is 2.31. The number of anilines is 1. The van der Waals surface area contributed by atoms with Crippen molar-refractivity contribution >= 4 is 5.69 Å². The zero-order valence-electron chi connectivity index (χ0n) is 14.3. The van der Waals surface area contributed by atoms with Crippen LogP contribution in [0.2, 0.25) is 0 Å². The summed E-state index contributed by atoms with van der Waals surface area (Å²) in [6.07, 6.45) is -8.07. The Balaban J connectivity index is 1.67. The average molecular weight is 396 g/mol. The van der Waals surface area contributed by atoms with E-state index in [2.05, 4.69) is 10.3 Å². The van der Waals surface area contributed by atoms with Crippen molar-refractivity contribution in [3.63, 3.8) is 0 Å². The van der Waals surface area contributed by atoms with E-state index < -0.39 is 23.5 Å². The van der Waals surface area contributed by atoms with Crippen molar-refractivity contribution in [3.05, 3.63) is 83.6 Å². The van der Waals surface area contributed by atoms with Gasteiger partial charge >= 0.3 is 12.4 Å². The lowest BCUT2D eigenvalue weighted by Crippen LogP contribution is -2.06. The number of alkyl halides is 6. The maximum Gasteiger partial charge on any atom is 0.417 e. The van der Waals surface area contributed by atoms with E-state index in [-0.39, 0.29) is 0 Å². The summed E-state index contributed by atoms with van der Waals surface area (Å²) >= 11 is 0. The summed E-state index contributed by atoms with van der Waals surface area (Å²) in [6, 6.07) is 14.0. The topological polar surface area (TPSA) is 24.9 Å². The number of hydrogen-bond acceptors (Lipinski definition) is 2. The second kappa shape index (κ2) is 7.53. The Kier molecular flexibility index (Phi) is 5.31. The van der Waals surface area contributed by atoms with E-state index in [1.165, 1.54) is 18.2 Å². The Morgan fingerprint density at radius 2 is 1.43 bits per heavy atom. The Hall–Kier alpha value is -3.03. The summed E-state index contributed by atoms with van der Waals surface area (Å²) in [5.41, 5.74) is 0.609. The SMILES string of the molecule is FC(F)(F)c1ccc(-c2ccc(CNc3cccc(C(F)(F)F)c3)cc2)nc1. The van der Waals surface area contributed by atoms with Gasteiger partial charge in [0.05, 0.1) is 16.8 Å². The highest BCUT2D eigenvalue weighted by Gasteiger charge is 2.31. The molecule has 0 bridgehead atoms. The normalized spacial score (nSPS) is 12.1. The molecule has 3 aromatic rings. The number of benzene rings is 2. The van der Waals surface area contributed by atoms with Crippen molar-refractivity contribution < 1.29 is 26.3 Å². The second-order valence-corrected chi connectivity index (χ2v) is 6.06. The minimum atomic E-state index is -4.44. The molecule has 0 amide bonds. The van der Waals surface area contributed by atoms with Gasteiger partial charge < -0.3 is 5.32 Å². The van der Waals surface area contributed by atoms with Gasteiger partial charge in [0, 0.05) is 24.0 Å². The van der Waals surface area contributed by atoms with Gasteiger partial charge in [-0.2, -0.15) is 26.3 Å². The molecule has 0 radical (unpaired) electrons. The van der Waals surface area contributed by atoms with Crippen molar-refractivity contribution in [3.8, 4) is 11.3 Å². The van der Waals surface area contributed by atoms with Gasteiger partial charge in [0.15, 0.2) is 0 Å². The van der Waals surface area contributed by atoms with Crippen molar-refractivity contribution in [2.45, 2.75) is 18.9 Å². The van der Waals surface area contributed by atoms with Crippen molar-refractivity contribution in [2.75, 3.05) is 5.32 Å². The Labute approximate surface area is 156 Å². The molecule has 1 heterocycles. The van der Waals surface area contributed by atoms with E-state index in [0.717, 1.165) is 30.0 Å². The molecule has 3 rings (SSSR count). The van der Waals surface area contributed by atoms with Crippen LogP contribution in [-0.4, -0.2) is 4.98 Å². The molecule has 0 spiro atoms. The van der Waals surface area contributed by atoms with E-state index in [0.29, 0.717) is 23.5 Å². The highest BCUT2D eigenvalue weighted by atomic mass is 19.4. The molecule has 8 heteroatoms. The number of nitrogens with zero attached hydrogens (tertiary/aromatic N) is 1. The van der Waals surface area contributed by atoms with Gasteiger partial charge in [0.25, 0.3) is 0 Å². The van der Waals surface area contributed by atoms with Gasteiger partial charge in [-0.25, -0.2) is 0 Å². The van der Waals surface area contributed by atoms with Crippen LogP contribution < -0.4 is 5.32 Å². The van der Waals surface area contributed by atoms with Crippen molar-refractivity contribution in [1.82, 2.24) is 4.98 Å². The molecular formula is C20H14F6N2. The third-order valence-electron chi connectivity index (χ3n) is 4.03. The molecule has 1 N–H and O–H groups in total. The van der Waals surface area contributed by atoms with Gasteiger partial charge in [-0.15, -0.1) is 0 Å². The predicted molar refractivity (Wildman–Crippen MR) is 93.4 cm³/mol. The number of halogens is 6. The minimum absolute atomic E-state index is 0.294. The molecule has 0 fully saturated rings. The highest BCUT2D eigenvalue weighted by molar-refractivity contribution is 5.59. The van der Waals surface area contributed by atoms with Gasteiger partial charge in [-0.3, -0.25) is 4.98 Å². The summed E-state index contributed by atoms with van der Waals surface area (Å²) in [5.74, 6) is 0. The maximum atomic E-state index is 12.7. The Morgan fingerprint density at radius 3 is 2.00 bits per heavy atom. The largest absolute Gasteiger partial charge is 0.417 e. The standard InChI is InChI=1S/C20H14F6N2/c21-19(22,23)15-2-1-3-17(10-15)27-11-13-4-6-14(7-5-13)18-9-8-16(12-28-18)20(24,25)26/h1-10,12,27H,11H2. The van der Waals surface area contributed by atoms with Crippen LogP contribution in [0, 0.1) is 0 Å². The second-order valence-electron chi connectivity index (χ2n) is 6.06. The van der Waals surface area contributed by atoms with E-state index in [4.69, 9.17) is 0 Å². The summed E-state index contributed by atoms with van der Waals surface area (Å²) in [4.78, 5) is 3.83. The van der Waals surface area contributed by atoms with Crippen LogP contribution in [0.25, 0.3) is 11.3 Å². The van der Waals surface area contributed by atoms with Crippen LogP contribution in [-0.2, 0) is 18.9 Å². The number of pyridine rings is 1. The molecule has 2 aromatic carbocycles. The predicted octanol–water partition coefficient (Wildman–Crippen LogP) is 6.40. The molecule has 1 aromatic heterocycles. The smallest absolute Gasteiger partial charge is 0.381 e. The summed E-state index contributed by atoms with van der Waals surface area (Å²) in [6.45, 7) is 0.294. The van der Waals surface area contributed by atoms with E-state index >= 15 is 0 Å². The van der Waals surface area contributed by atoms with Crippen LogP contribution in [0.3, 0.4) is 0 Å². The first-order valence-corrected chi connectivity index (χ1v) is 8.16. The zero-order chi connectivity index (χ0) is 20.4. The first-order chi connectivity index (χ1) is 13.1. The molecule has 0 unspecified atom stereocenters. The summed E-state index contributed by atoms with van der Waals surface area (Å²) < 4.78 is 75.9. The van der Waals surface area contributed by atoms with Crippen LogP contribution in [0.5, 0.6) is 0 Å². The van der Waals surface area contributed by atoms with Crippen LogP contribution >= 0.6 is 0 Å². The molecule has 0 atom stereocenters. The third-order valence-corrected chi connectivity index (χ3v) is 4.03. The van der Waals surface area contributed by atoms with Crippen LogP contribution in [0.4, 0.5) is 32.0 Å². The molecular weight excluding hydrogens is 382 g/mol. The fourth-order valence-corrected chi connectivity index (χ4v) is 2.54. The van der Waals surface area contributed by atoms with Gasteiger partial charge in [0.2, 0.25) is 0 Å². The quantitative estimate of drug-likeness (QED) is 0.517. The van der Waals surface area contributed by atoms with Gasteiger partial charge in [-0.05, 0) is 35.9 Å². The molecule has 0 aliphatic rings. The molecule has 0 aliphatic heterocycles. The lowest BCUT2D eigenvalue weighted by atomic mass is 10.1. The molecule has 0 saturated carbocycles. The van der Waals surface area contributed by atoms with Crippen LogP contribution in [0.1, 0.15) is 16.7 Å². The lowest BCUT2D eigenvalue weighted by molar-refractivity contribution is -0.138. The first kappa shape index (κ1) is 19.7. The Morgan fingerprint density at radius 1 is 0.750 bits per heavy atom. The third kappa shape index (κ3) is 4.82. The monoisotopic (exact) mass is 396 g/mol. The fraction of sp³-hybridized carbons (Fsp3) is 0.150. The molecule has 2 nitrogen and oxygen atoms in total. The number of hydrogen-bond donors (Lipinski definition) is 1. The fourth-order valence-electron chi connectivity index (χ4n) is 2.54. The van der Waals surface area contributed by atoms with Gasteiger partial charge in [0.1, 0.15) is 0 Å². The van der Waals surface area contributed by atoms with E-state index in [9.17, 15) is 26.3 Å². The molecule has 146 valence electrons. The molecule has 28 heavy (non-hydrogen) atoms. The minimum Gasteiger partial charge on any atom is -0.381 e. The maximum absolute atomic E-state index is 12.7. The summed E-state index contributed by atoms with van der Waals surface area (Å²) in [7, 11) is 0. The average Bonchev–Trinajstić information content (AvgIpc) is 2.66. The number of aromatic nitrogens is 1. The van der Waals surface area contributed by atoms with Crippen molar-refractivity contribution in [2.24, 2.45) is 0 Å². The molecule has 0 aliphatic carbocycles. The first-order valence-electron chi connectivity index (χ1n) is 8.16. The van der Waals surface area contributed by atoms with E-state index in [1.807, 2.05) is 0 Å². The lowest BCUT2D eigenvalue weighted by Gasteiger charge is -2.11. The Bertz CT molecular complexity index is 929.